The van der Waals surface area contributed by atoms with Gasteiger partial charge in [0.25, 0.3) is 0 Å². The second-order valence-electron chi connectivity index (χ2n) is 5.01. The summed E-state index contributed by atoms with van der Waals surface area (Å²) < 4.78 is 23.2. The number of benzene rings is 1. The van der Waals surface area contributed by atoms with Gasteiger partial charge in [0, 0.05) is 22.1 Å². The molecule has 1 heterocycles. The van der Waals surface area contributed by atoms with Crippen LogP contribution in [0.3, 0.4) is 0 Å². The van der Waals surface area contributed by atoms with Gasteiger partial charge in [-0.1, -0.05) is 23.2 Å². The maximum absolute atomic E-state index is 11.6. The van der Waals surface area contributed by atoms with E-state index < -0.39 is 9.84 Å². The zero-order chi connectivity index (χ0) is 14.0. The average molecular weight is 322 g/mol. The molecule has 0 radical (unpaired) electrons. The fourth-order valence-electron chi connectivity index (χ4n) is 2.44. The zero-order valence-electron chi connectivity index (χ0n) is 10.7. The number of halogens is 2. The Morgan fingerprint density at radius 2 is 2.11 bits per heavy atom. The van der Waals surface area contributed by atoms with Crippen LogP contribution in [-0.4, -0.2) is 26.0 Å². The van der Waals surface area contributed by atoms with E-state index in [1.807, 2.05) is 13.0 Å². The summed E-state index contributed by atoms with van der Waals surface area (Å²) in [5.41, 5.74) is 0.900. The predicted octanol–water partition coefficient (Wildman–Crippen LogP) is 3.22. The van der Waals surface area contributed by atoms with Gasteiger partial charge in [0.2, 0.25) is 0 Å². The molecule has 1 aromatic rings. The summed E-state index contributed by atoms with van der Waals surface area (Å²) in [4.78, 5) is 0. The van der Waals surface area contributed by atoms with Crippen molar-refractivity contribution >= 4 is 33.0 Å². The van der Waals surface area contributed by atoms with Crippen LogP contribution in [0.1, 0.15) is 31.4 Å². The molecule has 0 spiro atoms. The van der Waals surface area contributed by atoms with Gasteiger partial charge in [-0.25, -0.2) is 8.42 Å². The molecular formula is C13H17Cl2NO2S. The summed E-state index contributed by atoms with van der Waals surface area (Å²) in [6.45, 7) is 1.97. The number of hydrogen-bond acceptors (Lipinski definition) is 3. The summed E-state index contributed by atoms with van der Waals surface area (Å²) in [5, 5.41) is 4.61. The minimum absolute atomic E-state index is 0.0104. The molecule has 2 unspecified atom stereocenters. The van der Waals surface area contributed by atoms with E-state index in [9.17, 15) is 8.42 Å². The van der Waals surface area contributed by atoms with Crippen LogP contribution in [0.5, 0.6) is 0 Å². The third kappa shape index (κ3) is 4.09. The van der Waals surface area contributed by atoms with E-state index >= 15 is 0 Å². The largest absolute Gasteiger partial charge is 0.306 e. The van der Waals surface area contributed by atoms with Crippen LogP contribution in [0.2, 0.25) is 10.0 Å². The Bertz CT molecular complexity index is 560. The van der Waals surface area contributed by atoms with Crippen molar-refractivity contribution in [2.24, 2.45) is 0 Å². The van der Waals surface area contributed by atoms with Gasteiger partial charge in [0.05, 0.1) is 11.5 Å². The third-order valence-corrected chi connectivity index (χ3v) is 5.77. The van der Waals surface area contributed by atoms with Gasteiger partial charge in [-0.3, -0.25) is 0 Å². The zero-order valence-corrected chi connectivity index (χ0v) is 13.0. The smallest absolute Gasteiger partial charge is 0.151 e. The molecule has 2 rings (SSSR count). The summed E-state index contributed by atoms with van der Waals surface area (Å²) in [6.07, 6.45) is 1.59. The van der Waals surface area contributed by atoms with Crippen LogP contribution in [0, 0.1) is 0 Å². The van der Waals surface area contributed by atoms with Gasteiger partial charge in [0.15, 0.2) is 9.84 Å². The Hall–Kier alpha value is -0.290. The van der Waals surface area contributed by atoms with Gasteiger partial charge < -0.3 is 5.32 Å². The molecule has 1 aliphatic heterocycles. The summed E-state index contributed by atoms with van der Waals surface area (Å²) in [6, 6.07) is 5.28. The monoisotopic (exact) mass is 321 g/mol. The minimum atomic E-state index is -2.90. The first-order valence-electron chi connectivity index (χ1n) is 6.29. The van der Waals surface area contributed by atoms with E-state index in [4.69, 9.17) is 23.2 Å². The molecule has 6 heteroatoms. The van der Waals surface area contributed by atoms with E-state index in [2.05, 4.69) is 5.32 Å². The fourth-order valence-corrected chi connectivity index (χ4v) is 4.55. The Labute approximate surface area is 124 Å². The Morgan fingerprint density at radius 3 is 2.79 bits per heavy atom. The van der Waals surface area contributed by atoms with E-state index in [-0.39, 0.29) is 17.8 Å². The van der Waals surface area contributed by atoms with Crippen molar-refractivity contribution in [2.75, 3.05) is 11.5 Å². The molecular weight excluding hydrogens is 305 g/mol. The summed E-state index contributed by atoms with van der Waals surface area (Å²) in [5.74, 6) is 0.507. The molecule has 1 saturated heterocycles. The molecule has 0 amide bonds. The summed E-state index contributed by atoms with van der Waals surface area (Å²) >= 11 is 12.1. The normalized spacial score (nSPS) is 24.1. The molecule has 1 fully saturated rings. The quantitative estimate of drug-likeness (QED) is 0.929. The molecule has 1 N–H and O–H groups in total. The number of sulfone groups is 1. The Morgan fingerprint density at radius 1 is 1.37 bits per heavy atom. The highest BCUT2D eigenvalue weighted by Crippen LogP contribution is 2.27. The first kappa shape index (κ1) is 15.1. The van der Waals surface area contributed by atoms with Gasteiger partial charge >= 0.3 is 0 Å². The van der Waals surface area contributed by atoms with Crippen molar-refractivity contribution in [3.8, 4) is 0 Å². The second kappa shape index (κ2) is 6.00. The topological polar surface area (TPSA) is 46.2 Å². The van der Waals surface area contributed by atoms with Crippen LogP contribution < -0.4 is 5.32 Å². The first-order valence-corrected chi connectivity index (χ1v) is 8.86. The van der Waals surface area contributed by atoms with Gasteiger partial charge in [-0.15, -0.1) is 0 Å². The molecule has 0 aliphatic carbocycles. The maximum atomic E-state index is 11.6. The van der Waals surface area contributed by atoms with E-state index in [0.717, 1.165) is 18.4 Å². The lowest BCUT2D eigenvalue weighted by atomic mass is 10.1. The molecule has 19 heavy (non-hydrogen) atoms. The van der Waals surface area contributed by atoms with Crippen LogP contribution in [0.4, 0.5) is 0 Å². The highest BCUT2D eigenvalue weighted by Gasteiger charge is 2.26. The molecule has 106 valence electrons. The van der Waals surface area contributed by atoms with Crippen molar-refractivity contribution in [1.29, 1.82) is 0 Å². The summed E-state index contributed by atoms with van der Waals surface area (Å²) in [7, 11) is -2.90. The number of nitrogens with one attached hydrogen (secondary N) is 1. The second-order valence-corrected chi connectivity index (χ2v) is 8.08. The molecule has 0 aromatic heterocycles. The number of hydrogen-bond donors (Lipinski definition) is 1. The van der Waals surface area contributed by atoms with E-state index in [0.29, 0.717) is 15.8 Å². The Balaban J connectivity index is 2.08. The third-order valence-electron chi connectivity index (χ3n) is 3.37. The van der Waals surface area contributed by atoms with Crippen LogP contribution in [0.15, 0.2) is 18.2 Å². The van der Waals surface area contributed by atoms with E-state index in [1.54, 1.807) is 12.1 Å². The molecule has 3 nitrogen and oxygen atoms in total. The van der Waals surface area contributed by atoms with Crippen molar-refractivity contribution in [2.45, 2.75) is 31.8 Å². The fraction of sp³-hybridized carbons (Fsp3) is 0.538. The lowest BCUT2D eigenvalue weighted by Gasteiger charge is -2.27. The van der Waals surface area contributed by atoms with Crippen LogP contribution in [0.25, 0.3) is 0 Å². The molecule has 2 atom stereocenters. The molecule has 1 aliphatic rings. The minimum Gasteiger partial charge on any atom is -0.306 e. The van der Waals surface area contributed by atoms with E-state index in [1.165, 1.54) is 0 Å². The maximum Gasteiger partial charge on any atom is 0.151 e. The Kier molecular flexibility index (Phi) is 4.77. The van der Waals surface area contributed by atoms with Crippen molar-refractivity contribution in [3.63, 3.8) is 0 Å². The lowest BCUT2D eigenvalue weighted by molar-refractivity contribution is 0.437. The lowest BCUT2D eigenvalue weighted by Crippen LogP contribution is -2.41. The highest BCUT2D eigenvalue weighted by molar-refractivity contribution is 7.91. The van der Waals surface area contributed by atoms with Gasteiger partial charge in [-0.2, -0.15) is 0 Å². The average Bonchev–Trinajstić information content (AvgIpc) is 2.31. The molecule has 0 saturated carbocycles. The van der Waals surface area contributed by atoms with Gasteiger partial charge in [-0.05, 0) is 43.5 Å². The van der Waals surface area contributed by atoms with Crippen molar-refractivity contribution in [3.05, 3.63) is 33.8 Å². The van der Waals surface area contributed by atoms with Crippen LogP contribution in [-0.2, 0) is 9.84 Å². The standard InChI is InChI=1S/C13H17Cl2NO2S/c1-9(12-7-10(14)4-5-13(12)15)16-11-3-2-6-19(17,18)8-11/h4-5,7,9,11,16H,2-3,6,8H2,1H3. The SMILES string of the molecule is CC(NC1CCCS(=O)(=O)C1)c1cc(Cl)ccc1Cl. The number of rotatable bonds is 3. The molecule has 1 aromatic carbocycles. The predicted molar refractivity (Wildman–Crippen MR) is 79.7 cm³/mol. The highest BCUT2D eigenvalue weighted by atomic mass is 35.5. The van der Waals surface area contributed by atoms with Crippen molar-refractivity contribution in [1.82, 2.24) is 5.32 Å². The van der Waals surface area contributed by atoms with Crippen LogP contribution >= 0.6 is 23.2 Å². The molecule has 0 bridgehead atoms. The first-order chi connectivity index (χ1) is 8.87. The van der Waals surface area contributed by atoms with Gasteiger partial charge in [0.1, 0.15) is 0 Å². The van der Waals surface area contributed by atoms with Crippen molar-refractivity contribution < 1.29 is 8.42 Å².